The maximum Gasteiger partial charge on any atom is 0.286 e. The van der Waals surface area contributed by atoms with Crippen molar-refractivity contribution in [3.8, 4) is 0 Å². The number of hydrogen-bond donors (Lipinski definition) is 2. The summed E-state index contributed by atoms with van der Waals surface area (Å²) in [6.45, 7) is 0. The van der Waals surface area contributed by atoms with Crippen LogP contribution in [0.3, 0.4) is 0 Å². The summed E-state index contributed by atoms with van der Waals surface area (Å²) in [5.41, 5.74) is 0. The van der Waals surface area contributed by atoms with Crippen LogP contribution >= 0.6 is 11.6 Å². The van der Waals surface area contributed by atoms with E-state index in [4.69, 9.17) is 11.6 Å². The number of carbonyl (C=O) groups is 1. The summed E-state index contributed by atoms with van der Waals surface area (Å²) in [5.74, 6) is -0.0422. The zero-order chi connectivity index (χ0) is 7.56. The van der Waals surface area contributed by atoms with Gasteiger partial charge in [0.2, 0.25) is 0 Å². The van der Waals surface area contributed by atoms with Gasteiger partial charge in [-0.15, -0.1) is 0 Å². The van der Waals surface area contributed by atoms with Gasteiger partial charge in [-0.1, -0.05) is 11.6 Å². The van der Waals surface area contributed by atoms with Crippen molar-refractivity contribution in [2.75, 3.05) is 7.05 Å². The summed E-state index contributed by atoms with van der Waals surface area (Å²) < 4.78 is 0. The van der Waals surface area contributed by atoms with Crippen LogP contribution in [-0.4, -0.2) is 22.9 Å². The summed E-state index contributed by atoms with van der Waals surface area (Å²) in [5, 5.41) is 2.76. The molecule has 10 heavy (non-hydrogen) atoms. The highest BCUT2D eigenvalue weighted by Gasteiger charge is 2.05. The van der Waals surface area contributed by atoms with Crippen LogP contribution in [-0.2, 0) is 0 Å². The Kier molecular flexibility index (Phi) is 1.91. The van der Waals surface area contributed by atoms with Crippen molar-refractivity contribution in [3.05, 3.63) is 17.2 Å². The number of imidazole rings is 1. The van der Waals surface area contributed by atoms with Gasteiger partial charge in [0.15, 0.2) is 5.82 Å². The molecule has 0 saturated heterocycles. The van der Waals surface area contributed by atoms with Crippen molar-refractivity contribution >= 4 is 17.5 Å². The molecule has 0 aromatic carbocycles. The third kappa shape index (κ3) is 1.27. The Bertz CT molecular complexity index is 245. The molecule has 0 atom stereocenters. The van der Waals surface area contributed by atoms with Crippen LogP contribution in [0.5, 0.6) is 0 Å². The van der Waals surface area contributed by atoms with Gasteiger partial charge in [0, 0.05) is 7.05 Å². The highest BCUT2D eigenvalue weighted by Crippen LogP contribution is 2.02. The first kappa shape index (κ1) is 7.08. The van der Waals surface area contributed by atoms with Gasteiger partial charge in [-0.25, -0.2) is 4.98 Å². The fraction of sp³-hybridized carbons (Fsp3) is 0.200. The first-order chi connectivity index (χ1) is 4.74. The zero-order valence-electron chi connectivity index (χ0n) is 5.31. The number of aromatic nitrogens is 2. The maximum atomic E-state index is 10.8. The Labute approximate surface area is 62.6 Å². The topological polar surface area (TPSA) is 57.8 Å². The minimum absolute atomic E-state index is 0.229. The Morgan fingerprint density at radius 2 is 2.60 bits per heavy atom. The van der Waals surface area contributed by atoms with Crippen molar-refractivity contribution < 1.29 is 4.79 Å². The molecule has 5 heteroatoms. The molecule has 1 amide bonds. The number of carbonyl (C=O) groups excluding carboxylic acids is 1. The molecule has 0 aliphatic carbocycles. The Morgan fingerprint density at radius 1 is 1.90 bits per heavy atom. The van der Waals surface area contributed by atoms with Crippen LogP contribution in [0.25, 0.3) is 0 Å². The van der Waals surface area contributed by atoms with Crippen molar-refractivity contribution in [1.82, 2.24) is 15.3 Å². The maximum absolute atomic E-state index is 10.8. The van der Waals surface area contributed by atoms with Crippen LogP contribution in [0, 0.1) is 0 Å². The molecule has 0 radical (unpaired) electrons. The van der Waals surface area contributed by atoms with Crippen LogP contribution in [0.4, 0.5) is 0 Å². The van der Waals surface area contributed by atoms with Crippen LogP contribution < -0.4 is 5.32 Å². The summed E-state index contributed by atoms with van der Waals surface area (Å²) in [6.07, 6.45) is 1.38. The smallest absolute Gasteiger partial charge is 0.286 e. The van der Waals surface area contributed by atoms with Crippen molar-refractivity contribution in [2.24, 2.45) is 0 Å². The molecular weight excluding hydrogens is 154 g/mol. The number of nitrogens with zero attached hydrogens (tertiary/aromatic N) is 1. The summed E-state index contributed by atoms with van der Waals surface area (Å²) in [4.78, 5) is 17.0. The van der Waals surface area contributed by atoms with Crippen molar-refractivity contribution in [3.63, 3.8) is 0 Å². The van der Waals surface area contributed by atoms with E-state index in [1.807, 2.05) is 0 Å². The third-order valence-electron chi connectivity index (χ3n) is 0.987. The molecule has 1 heterocycles. The minimum atomic E-state index is -0.271. The number of hydrogen-bond acceptors (Lipinski definition) is 2. The molecule has 0 aliphatic heterocycles. The molecule has 0 bridgehead atoms. The predicted octanol–water partition coefficient (Wildman–Crippen LogP) is 0.423. The monoisotopic (exact) mass is 159 g/mol. The molecular formula is C5H6ClN3O. The number of aromatic amines is 1. The lowest BCUT2D eigenvalue weighted by atomic mass is 10.6. The number of amides is 1. The molecule has 0 fully saturated rings. The summed E-state index contributed by atoms with van der Waals surface area (Å²) >= 11 is 5.46. The Hall–Kier alpha value is -1.03. The second-order valence-electron chi connectivity index (χ2n) is 1.66. The van der Waals surface area contributed by atoms with E-state index in [9.17, 15) is 4.79 Å². The van der Waals surface area contributed by atoms with E-state index >= 15 is 0 Å². The summed E-state index contributed by atoms with van der Waals surface area (Å²) in [6, 6.07) is 0. The fourth-order valence-electron chi connectivity index (χ4n) is 0.533. The van der Waals surface area contributed by atoms with Gasteiger partial charge in [-0.05, 0) is 0 Å². The molecule has 4 nitrogen and oxygen atoms in total. The minimum Gasteiger partial charge on any atom is -0.352 e. The standard InChI is InChI=1S/C5H6ClN3O/c1-7-5(10)4-8-2-3(6)9-4/h2H,1H3,(H,7,10)(H,8,9). The van der Waals surface area contributed by atoms with Gasteiger partial charge in [-0.2, -0.15) is 0 Å². The predicted molar refractivity (Wildman–Crippen MR) is 37.0 cm³/mol. The molecule has 1 aromatic heterocycles. The molecule has 1 aromatic rings. The molecule has 0 aliphatic rings. The first-order valence-corrected chi connectivity index (χ1v) is 3.04. The van der Waals surface area contributed by atoms with Crippen molar-refractivity contribution in [1.29, 1.82) is 0 Å². The van der Waals surface area contributed by atoms with E-state index in [-0.39, 0.29) is 11.7 Å². The lowest BCUT2D eigenvalue weighted by Crippen LogP contribution is -2.19. The second kappa shape index (κ2) is 2.70. The second-order valence-corrected chi connectivity index (χ2v) is 2.07. The molecule has 0 spiro atoms. The normalized spacial score (nSPS) is 9.40. The third-order valence-corrected chi connectivity index (χ3v) is 1.18. The average molecular weight is 160 g/mol. The largest absolute Gasteiger partial charge is 0.352 e. The lowest BCUT2D eigenvalue weighted by molar-refractivity contribution is 0.0954. The average Bonchev–Trinajstić information content (AvgIpc) is 2.34. The van der Waals surface area contributed by atoms with Gasteiger partial charge in [0.05, 0.1) is 6.20 Å². The Balaban J connectivity index is 2.85. The first-order valence-electron chi connectivity index (χ1n) is 2.66. The van der Waals surface area contributed by atoms with E-state index in [1.54, 1.807) is 0 Å². The van der Waals surface area contributed by atoms with Crippen LogP contribution in [0.2, 0.25) is 5.15 Å². The van der Waals surface area contributed by atoms with E-state index in [2.05, 4.69) is 15.3 Å². The molecule has 0 unspecified atom stereocenters. The number of rotatable bonds is 1. The number of nitrogens with one attached hydrogen (secondary N) is 2. The van der Waals surface area contributed by atoms with Crippen LogP contribution in [0.15, 0.2) is 6.20 Å². The molecule has 2 N–H and O–H groups in total. The molecule has 54 valence electrons. The van der Waals surface area contributed by atoms with Gasteiger partial charge >= 0.3 is 0 Å². The van der Waals surface area contributed by atoms with E-state index in [0.717, 1.165) is 0 Å². The highest BCUT2D eigenvalue weighted by atomic mass is 35.5. The summed E-state index contributed by atoms with van der Waals surface area (Å²) in [7, 11) is 1.53. The SMILES string of the molecule is CNC(=O)c1ncc(Cl)[nH]1. The van der Waals surface area contributed by atoms with Gasteiger partial charge in [0.1, 0.15) is 5.15 Å². The van der Waals surface area contributed by atoms with Crippen molar-refractivity contribution in [2.45, 2.75) is 0 Å². The van der Waals surface area contributed by atoms with E-state index < -0.39 is 0 Å². The van der Waals surface area contributed by atoms with Gasteiger partial charge in [-0.3, -0.25) is 4.79 Å². The number of halogens is 1. The zero-order valence-corrected chi connectivity index (χ0v) is 6.07. The van der Waals surface area contributed by atoms with Gasteiger partial charge < -0.3 is 10.3 Å². The van der Waals surface area contributed by atoms with Gasteiger partial charge in [0.25, 0.3) is 5.91 Å². The highest BCUT2D eigenvalue weighted by molar-refractivity contribution is 6.29. The van der Waals surface area contributed by atoms with Crippen LogP contribution in [0.1, 0.15) is 10.6 Å². The quantitative estimate of drug-likeness (QED) is 0.624. The van der Waals surface area contributed by atoms with E-state index in [1.165, 1.54) is 13.2 Å². The molecule has 0 saturated carbocycles. The lowest BCUT2D eigenvalue weighted by Gasteiger charge is -1.90. The Morgan fingerprint density at radius 3 is 3.00 bits per heavy atom. The molecule has 1 rings (SSSR count). The number of H-pyrrole nitrogens is 1. The fourth-order valence-corrected chi connectivity index (χ4v) is 0.671. The van der Waals surface area contributed by atoms with E-state index in [0.29, 0.717) is 5.15 Å².